The van der Waals surface area contributed by atoms with Gasteiger partial charge in [-0.2, -0.15) is 0 Å². The second kappa shape index (κ2) is 6.60. The molecule has 0 amide bonds. The summed E-state index contributed by atoms with van der Waals surface area (Å²) in [5.74, 6) is -0.851. The topological polar surface area (TPSA) is 40.5 Å². The van der Waals surface area contributed by atoms with Crippen LogP contribution >= 0.6 is 0 Å². The van der Waals surface area contributed by atoms with E-state index in [1.165, 1.54) is 0 Å². The maximum absolute atomic E-state index is 10.6. The molecule has 0 aromatic rings. The number of carbonyl (C=O) groups is 1. The van der Waals surface area contributed by atoms with Gasteiger partial charge in [0.2, 0.25) is 0 Å². The van der Waals surface area contributed by atoms with Gasteiger partial charge in [-0.3, -0.25) is 4.90 Å². The predicted molar refractivity (Wildman–Crippen MR) is 58.1 cm³/mol. The number of aliphatic carboxylic acids is 1. The van der Waals surface area contributed by atoms with E-state index in [9.17, 15) is 4.79 Å². The van der Waals surface area contributed by atoms with Crippen LogP contribution in [0.3, 0.4) is 0 Å². The van der Waals surface area contributed by atoms with Crippen LogP contribution in [-0.2, 0) is 4.79 Å². The number of rotatable bonds is 6. The third-order valence-corrected chi connectivity index (χ3v) is 2.36. The van der Waals surface area contributed by atoms with Gasteiger partial charge in [-0.1, -0.05) is 26.8 Å². The van der Waals surface area contributed by atoms with E-state index in [1.54, 1.807) is 13.0 Å². The van der Waals surface area contributed by atoms with E-state index in [0.717, 1.165) is 13.1 Å². The Morgan fingerprint density at radius 1 is 1.50 bits per heavy atom. The number of carboxylic acid groups (broad SMARTS) is 1. The molecule has 0 aliphatic rings. The Balaban J connectivity index is 4.55. The van der Waals surface area contributed by atoms with Crippen molar-refractivity contribution in [3.63, 3.8) is 0 Å². The molecule has 0 heterocycles. The normalized spacial score (nSPS) is 14.5. The highest BCUT2D eigenvalue weighted by Crippen LogP contribution is 2.08. The van der Waals surface area contributed by atoms with Gasteiger partial charge in [-0.25, -0.2) is 4.79 Å². The van der Waals surface area contributed by atoms with Crippen LogP contribution in [0.25, 0.3) is 0 Å². The zero-order valence-corrected chi connectivity index (χ0v) is 9.29. The molecule has 3 nitrogen and oxygen atoms in total. The molecule has 0 aromatic heterocycles. The van der Waals surface area contributed by atoms with E-state index in [1.807, 2.05) is 0 Å². The maximum Gasteiger partial charge on any atom is 0.331 e. The summed E-state index contributed by atoms with van der Waals surface area (Å²) in [5, 5.41) is 8.75. The van der Waals surface area contributed by atoms with Gasteiger partial charge in [0, 0.05) is 11.6 Å². The first kappa shape index (κ1) is 13.2. The first-order chi connectivity index (χ1) is 6.56. The van der Waals surface area contributed by atoms with E-state index in [4.69, 9.17) is 5.11 Å². The average Bonchev–Trinajstić information content (AvgIpc) is 2.17. The molecule has 0 saturated heterocycles. The molecular weight excluding hydrogens is 178 g/mol. The van der Waals surface area contributed by atoms with Gasteiger partial charge < -0.3 is 5.11 Å². The molecule has 81 valence electrons. The summed E-state index contributed by atoms with van der Waals surface area (Å²) >= 11 is 0. The highest BCUT2D eigenvalue weighted by atomic mass is 16.4. The highest BCUT2D eigenvalue weighted by Gasteiger charge is 2.12. The summed E-state index contributed by atoms with van der Waals surface area (Å²) in [4.78, 5) is 12.8. The average molecular weight is 198 g/mol. The second-order valence-electron chi connectivity index (χ2n) is 3.23. The predicted octanol–water partition coefficient (Wildman–Crippen LogP) is 1.95. The van der Waals surface area contributed by atoms with E-state index in [-0.39, 0.29) is 6.04 Å². The third kappa shape index (κ3) is 3.92. The van der Waals surface area contributed by atoms with Gasteiger partial charge in [0.15, 0.2) is 0 Å². The molecule has 0 bridgehead atoms. The first-order valence-corrected chi connectivity index (χ1v) is 5.01. The lowest BCUT2D eigenvalue weighted by atomic mass is 10.1. The van der Waals surface area contributed by atoms with Crippen LogP contribution < -0.4 is 0 Å². The molecule has 1 radical (unpaired) electrons. The Morgan fingerprint density at radius 2 is 2.00 bits per heavy atom. The number of nitrogens with zero attached hydrogens (tertiary/aromatic N) is 1. The molecule has 14 heavy (non-hydrogen) atoms. The van der Waals surface area contributed by atoms with Gasteiger partial charge in [0.1, 0.15) is 0 Å². The van der Waals surface area contributed by atoms with E-state index < -0.39 is 5.97 Å². The van der Waals surface area contributed by atoms with Crippen molar-refractivity contribution in [2.45, 2.75) is 33.2 Å². The minimum atomic E-state index is -0.851. The summed E-state index contributed by atoms with van der Waals surface area (Å²) < 4.78 is 0. The number of carboxylic acids is 1. The van der Waals surface area contributed by atoms with Crippen molar-refractivity contribution in [3.8, 4) is 0 Å². The van der Waals surface area contributed by atoms with E-state index in [2.05, 4.69) is 25.7 Å². The fourth-order valence-electron chi connectivity index (χ4n) is 1.42. The molecule has 0 aliphatic heterocycles. The fourth-order valence-corrected chi connectivity index (χ4v) is 1.42. The molecule has 1 unspecified atom stereocenters. The number of hydrogen-bond donors (Lipinski definition) is 1. The number of hydrogen-bond acceptors (Lipinski definition) is 2. The van der Waals surface area contributed by atoms with Gasteiger partial charge in [-0.15, -0.1) is 0 Å². The monoisotopic (exact) mass is 198 g/mol. The van der Waals surface area contributed by atoms with Crippen LogP contribution in [0.5, 0.6) is 0 Å². The Hall–Kier alpha value is -0.830. The zero-order valence-electron chi connectivity index (χ0n) is 9.29. The largest absolute Gasteiger partial charge is 0.478 e. The third-order valence-electron chi connectivity index (χ3n) is 2.36. The molecule has 0 fully saturated rings. The van der Waals surface area contributed by atoms with Crippen molar-refractivity contribution in [2.75, 3.05) is 13.1 Å². The molecule has 1 N–H and O–H groups in total. The number of likely N-dealkylation sites (N-methyl/N-ethyl adjacent to an activating group) is 1. The van der Waals surface area contributed by atoms with Crippen LogP contribution in [0, 0.1) is 6.92 Å². The van der Waals surface area contributed by atoms with Crippen LogP contribution in [-0.4, -0.2) is 35.1 Å². The van der Waals surface area contributed by atoms with E-state index in [0.29, 0.717) is 12.0 Å². The van der Waals surface area contributed by atoms with Crippen molar-refractivity contribution in [3.05, 3.63) is 18.6 Å². The Bertz CT molecular complexity index is 207. The lowest BCUT2D eigenvalue weighted by Crippen LogP contribution is -2.33. The SMILES string of the molecule is [CH2]CC(C=C(C)C(=O)O)N(CC)CC. The Kier molecular flexibility index (Phi) is 6.21. The van der Waals surface area contributed by atoms with Crippen molar-refractivity contribution in [1.82, 2.24) is 4.90 Å². The van der Waals surface area contributed by atoms with Gasteiger partial charge in [-0.05, 0) is 26.4 Å². The molecule has 0 aliphatic carbocycles. The fraction of sp³-hybridized carbons (Fsp3) is 0.636. The van der Waals surface area contributed by atoms with Crippen LogP contribution in [0.4, 0.5) is 0 Å². The van der Waals surface area contributed by atoms with Crippen LogP contribution in [0.1, 0.15) is 27.2 Å². The van der Waals surface area contributed by atoms with Crippen molar-refractivity contribution in [2.24, 2.45) is 0 Å². The summed E-state index contributed by atoms with van der Waals surface area (Å²) in [5.41, 5.74) is 0.394. The van der Waals surface area contributed by atoms with Gasteiger partial charge in [0.05, 0.1) is 0 Å². The summed E-state index contributed by atoms with van der Waals surface area (Å²) in [6.45, 7) is 11.4. The standard InChI is InChI=1S/C11H20NO2/c1-5-10(12(6-2)7-3)8-9(4)11(13)14/h8,10H,1,5-7H2,2-4H3,(H,13,14). The van der Waals surface area contributed by atoms with Gasteiger partial charge >= 0.3 is 5.97 Å². The summed E-state index contributed by atoms with van der Waals surface area (Å²) in [6, 6.07) is 0.140. The lowest BCUT2D eigenvalue weighted by molar-refractivity contribution is -0.132. The summed E-state index contributed by atoms with van der Waals surface area (Å²) in [6.07, 6.45) is 2.48. The highest BCUT2D eigenvalue weighted by molar-refractivity contribution is 5.85. The second-order valence-corrected chi connectivity index (χ2v) is 3.23. The molecule has 0 spiro atoms. The first-order valence-electron chi connectivity index (χ1n) is 5.01. The van der Waals surface area contributed by atoms with Gasteiger partial charge in [0.25, 0.3) is 0 Å². The molecular formula is C11H20NO2. The van der Waals surface area contributed by atoms with E-state index >= 15 is 0 Å². The van der Waals surface area contributed by atoms with Crippen molar-refractivity contribution in [1.29, 1.82) is 0 Å². The molecule has 0 aromatic carbocycles. The maximum atomic E-state index is 10.6. The van der Waals surface area contributed by atoms with Crippen LogP contribution in [0.2, 0.25) is 0 Å². The molecule has 0 rings (SSSR count). The molecule has 1 atom stereocenters. The zero-order chi connectivity index (χ0) is 11.1. The smallest absolute Gasteiger partial charge is 0.331 e. The quantitative estimate of drug-likeness (QED) is 0.663. The summed E-state index contributed by atoms with van der Waals surface area (Å²) in [7, 11) is 0. The lowest BCUT2D eigenvalue weighted by Gasteiger charge is -2.26. The van der Waals surface area contributed by atoms with Crippen molar-refractivity contribution < 1.29 is 9.90 Å². The minimum absolute atomic E-state index is 0.140. The Labute approximate surface area is 86.4 Å². The molecule has 3 heteroatoms. The molecule has 0 saturated carbocycles. The Morgan fingerprint density at radius 3 is 2.29 bits per heavy atom. The van der Waals surface area contributed by atoms with Crippen molar-refractivity contribution >= 4 is 5.97 Å². The van der Waals surface area contributed by atoms with Crippen LogP contribution in [0.15, 0.2) is 11.6 Å². The minimum Gasteiger partial charge on any atom is -0.478 e.